The normalized spacial score (nSPS) is 27.2. The lowest BCUT2D eigenvalue weighted by Crippen LogP contribution is -2.50. The van der Waals surface area contributed by atoms with E-state index in [0.717, 1.165) is 63.6 Å². The van der Waals surface area contributed by atoms with E-state index in [4.69, 9.17) is 23.7 Å². The third-order valence-corrected chi connectivity index (χ3v) is 9.22. The van der Waals surface area contributed by atoms with Gasteiger partial charge >= 0.3 is 6.09 Å². The molecule has 0 bridgehead atoms. The number of rotatable bonds is 13. The molecule has 3 saturated heterocycles. The number of nitrogens with zero attached hydrogens (tertiary/aromatic N) is 1. The first kappa shape index (κ1) is 32.2. The topological polar surface area (TPSA) is 113 Å². The van der Waals surface area contributed by atoms with Crippen molar-refractivity contribution < 1.29 is 36.9 Å². The van der Waals surface area contributed by atoms with Crippen LogP contribution in [0.5, 0.6) is 0 Å². The van der Waals surface area contributed by atoms with Gasteiger partial charge in [-0.15, -0.1) is 0 Å². The van der Waals surface area contributed by atoms with Crippen LogP contribution in [0, 0.1) is 6.92 Å². The Balaban J connectivity index is 1.50. The molecule has 3 heterocycles. The van der Waals surface area contributed by atoms with Crippen LogP contribution in [0.25, 0.3) is 0 Å². The molecule has 232 valence electrons. The highest BCUT2D eigenvalue weighted by molar-refractivity contribution is 7.90. The van der Waals surface area contributed by atoms with Gasteiger partial charge in [-0.2, -0.15) is 0 Å². The van der Waals surface area contributed by atoms with Crippen molar-refractivity contribution in [2.75, 3.05) is 26.2 Å². The summed E-state index contributed by atoms with van der Waals surface area (Å²) in [6.45, 7) is 10.4. The fourth-order valence-electron chi connectivity index (χ4n) is 5.75. The van der Waals surface area contributed by atoms with Gasteiger partial charge in [0.1, 0.15) is 24.4 Å². The zero-order chi connectivity index (χ0) is 29.5. The second kappa shape index (κ2) is 14.6. The van der Waals surface area contributed by atoms with Crippen LogP contribution in [-0.2, 0) is 33.7 Å². The number of hydrogen-bond acceptors (Lipinski definition) is 9. The van der Waals surface area contributed by atoms with Gasteiger partial charge < -0.3 is 23.7 Å². The lowest BCUT2D eigenvalue weighted by Gasteiger charge is -2.33. The predicted octanol–water partition coefficient (Wildman–Crippen LogP) is 4.89. The molecule has 1 unspecified atom stereocenters. The second-order valence-corrected chi connectivity index (χ2v) is 13.6. The molecule has 11 heteroatoms. The van der Waals surface area contributed by atoms with Crippen LogP contribution in [-0.4, -0.2) is 82.1 Å². The average molecular weight is 597 g/mol. The molecule has 0 spiro atoms. The van der Waals surface area contributed by atoms with Crippen LogP contribution in [0.15, 0.2) is 29.2 Å². The Bertz CT molecular complexity index is 1070. The summed E-state index contributed by atoms with van der Waals surface area (Å²) >= 11 is 0. The van der Waals surface area contributed by atoms with Gasteiger partial charge in [0, 0.05) is 13.2 Å². The number of hydrogen-bond donors (Lipinski definition) is 1. The lowest BCUT2D eigenvalue weighted by atomic mass is 10.0. The van der Waals surface area contributed by atoms with Crippen molar-refractivity contribution in [2.24, 2.45) is 0 Å². The third kappa shape index (κ3) is 9.11. The molecule has 5 atom stereocenters. The van der Waals surface area contributed by atoms with Gasteiger partial charge in [-0.1, -0.05) is 63.1 Å². The van der Waals surface area contributed by atoms with E-state index in [1.165, 1.54) is 25.0 Å². The van der Waals surface area contributed by atoms with Crippen LogP contribution < -0.4 is 4.72 Å². The van der Waals surface area contributed by atoms with Gasteiger partial charge in [0.05, 0.1) is 4.90 Å². The van der Waals surface area contributed by atoms with E-state index in [1.54, 1.807) is 12.1 Å². The number of sulfonamides is 1. The highest BCUT2D eigenvalue weighted by atomic mass is 32.2. The van der Waals surface area contributed by atoms with Crippen LogP contribution in [0.3, 0.4) is 0 Å². The molecule has 3 aliphatic rings. The van der Waals surface area contributed by atoms with E-state index in [-0.39, 0.29) is 4.90 Å². The SMILES string of the molecule is CCCCCCCO[C@@H]1[C@H]2OC(C)(C)O[C@H]2O[C@@H]1C(CN1CCCCCC1)OC(=O)NS(=O)(=O)c1ccc(C)cc1. The van der Waals surface area contributed by atoms with Gasteiger partial charge in [0.2, 0.25) is 0 Å². The zero-order valence-corrected chi connectivity index (χ0v) is 25.8. The molecule has 0 aromatic heterocycles. The number of benzene rings is 1. The molecule has 3 aliphatic heterocycles. The Hall–Kier alpha value is -1.76. The van der Waals surface area contributed by atoms with Crippen molar-refractivity contribution in [3.63, 3.8) is 0 Å². The maximum Gasteiger partial charge on any atom is 0.421 e. The molecule has 3 fully saturated rings. The molecule has 0 saturated carbocycles. The fraction of sp³-hybridized carbons (Fsp3) is 0.767. The molecule has 0 aliphatic carbocycles. The molecule has 1 amide bonds. The predicted molar refractivity (Wildman–Crippen MR) is 154 cm³/mol. The van der Waals surface area contributed by atoms with E-state index in [2.05, 4.69) is 16.5 Å². The van der Waals surface area contributed by atoms with Crippen LogP contribution in [0.4, 0.5) is 4.79 Å². The smallest absolute Gasteiger partial charge is 0.421 e. The number of likely N-dealkylation sites (tertiary alicyclic amines) is 1. The van der Waals surface area contributed by atoms with E-state index in [9.17, 15) is 13.2 Å². The van der Waals surface area contributed by atoms with Crippen LogP contribution in [0.1, 0.15) is 84.1 Å². The van der Waals surface area contributed by atoms with Crippen molar-refractivity contribution in [2.45, 2.75) is 127 Å². The summed E-state index contributed by atoms with van der Waals surface area (Å²) in [5.41, 5.74) is 0.914. The molecule has 41 heavy (non-hydrogen) atoms. The molecule has 4 rings (SSSR count). The second-order valence-electron chi connectivity index (χ2n) is 11.9. The molecule has 1 aromatic rings. The Labute approximate surface area is 245 Å². The van der Waals surface area contributed by atoms with Crippen molar-refractivity contribution in [1.82, 2.24) is 9.62 Å². The monoisotopic (exact) mass is 596 g/mol. The zero-order valence-electron chi connectivity index (χ0n) is 25.0. The Morgan fingerprint density at radius 3 is 2.41 bits per heavy atom. The highest BCUT2D eigenvalue weighted by Crippen LogP contribution is 2.40. The first-order valence-corrected chi connectivity index (χ1v) is 16.7. The third-order valence-electron chi connectivity index (χ3n) is 7.90. The number of amides is 1. The van der Waals surface area contributed by atoms with Gasteiger partial charge in [-0.05, 0) is 65.3 Å². The number of nitrogens with one attached hydrogen (secondary N) is 1. The lowest BCUT2D eigenvalue weighted by molar-refractivity contribution is -0.230. The Morgan fingerprint density at radius 1 is 1.05 bits per heavy atom. The van der Waals surface area contributed by atoms with Crippen molar-refractivity contribution in [3.05, 3.63) is 29.8 Å². The van der Waals surface area contributed by atoms with Crippen molar-refractivity contribution in [1.29, 1.82) is 0 Å². The van der Waals surface area contributed by atoms with E-state index in [1.807, 2.05) is 20.8 Å². The minimum atomic E-state index is -4.11. The van der Waals surface area contributed by atoms with Crippen LogP contribution in [0.2, 0.25) is 0 Å². The summed E-state index contributed by atoms with van der Waals surface area (Å²) in [7, 11) is -4.11. The van der Waals surface area contributed by atoms with Gasteiger partial charge in [-0.25, -0.2) is 17.9 Å². The first-order chi connectivity index (χ1) is 19.6. The molecule has 0 radical (unpaired) electrons. The highest BCUT2D eigenvalue weighted by Gasteiger charge is 2.58. The van der Waals surface area contributed by atoms with Crippen molar-refractivity contribution in [3.8, 4) is 0 Å². The molecule has 10 nitrogen and oxygen atoms in total. The number of ether oxygens (including phenoxy) is 5. The van der Waals surface area contributed by atoms with Gasteiger partial charge in [0.15, 0.2) is 12.1 Å². The van der Waals surface area contributed by atoms with Gasteiger partial charge in [-0.3, -0.25) is 4.90 Å². The quantitative estimate of drug-likeness (QED) is 0.318. The van der Waals surface area contributed by atoms with Gasteiger partial charge in [0.25, 0.3) is 10.0 Å². The summed E-state index contributed by atoms with van der Waals surface area (Å²) in [4.78, 5) is 15.3. The van der Waals surface area contributed by atoms with E-state index < -0.39 is 52.6 Å². The van der Waals surface area contributed by atoms with E-state index >= 15 is 0 Å². The van der Waals surface area contributed by atoms with E-state index in [0.29, 0.717) is 13.2 Å². The number of carbonyl (C=O) groups is 1. The maximum atomic E-state index is 13.1. The summed E-state index contributed by atoms with van der Waals surface area (Å²) in [6.07, 6.45) is 5.66. The summed E-state index contributed by atoms with van der Waals surface area (Å²) < 4.78 is 58.7. The van der Waals surface area contributed by atoms with Crippen LogP contribution >= 0.6 is 0 Å². The average Bonchev–Trinajstić information content (AvgIpc) is 3.24. The number of carbonyl (C=O) groups excluding carboxylic acids is 1. The molecule has 1 N–H and O–H groups in total. The minimum Gasteiger partial charge on any atom is -0.441 e. The Kier molecular flexibility index (Phi) is 11.5. The summed E-state index contributed by atoms with van der Waals surface area (Å²) in [5, 5.41) is 0. The standard InChI is InChI=1S/C30H48N2O8S/c1-5-6-7-10-13-20-36-26-25(38-28-27(26)39-30(3,4)40-28)24(21-32-18-11-8-9-12-19-32)37-29(33)31-41(34,35)23-16-14-22(2)15-17-23/h14-17,24-28H,5-13,18-21H2,1-4H3,(H,31,33)/t24?,25-,26+,27-,28-/m1/s1. The largest absolute Gasteiger partial charge is 0.441 e. The maximum absolute atomic E-state index is 13.1. The fourth-order valence-corrected chi connectivity index (χ4v) is 6.63. The van der Waals surface area contributed by atoms with Crippen molar-refractivity contribution >= 4 is 16.1 Å². The minimum absolute atomic E-state index is 0.0101. The molecular formula is C30H48N2O8S. The Morgan fingerprint density at radius 2 is 1.73 bits per heavy atom. The number of fused-ring (bicyclic) bond motifs is 1. The summed E-state index contributed by atoms with van der Waals surface area (Å²) in [6, 6.07) is 6.28. The number of unbranched alkanes of at least 4 members (excludes halogenated alkanes) is 4. The summed E-state index contributed by atoms with van der Waals surface area (Å²) in [5.74, 6) is -0.830. The first-order valence-electron chi connectivity index (χ1n) is 15.2. The molecular weight excluding hydrogens is 548 g/mol. The number of aryl methyl sites for hydroxylation is 1. The molecule has 1 aromatic carbocycles.